The number of rotatable bonds is 5. The normalized spacial score (nSPS) is 11.5. The van der Waals surface area contributed by atoms with Crippen LogP contribution in [0.25, 0.3) is 10.1 Å². The third kappa shape index (κ3) is 3.99. The zero-order valence-electron chi connectivity index (χ0n) is 16.4. The number of nitrogens with zero attached hydrogens (tertiary/aromatic N) is 3. The smallest absolute Gasteiger partial charge is 0.273 e. The van der Waals surface area contributed by atoms with Gasteiger partial charge in [-0.25, -0.2) is 5.43 Å². The van der Waals surface area contributed by atoms with Crippen molar-refractivity contribution < 1.29 is 9.59 Å². The number of carbonyl (C=O) groups is 2. The van der Waals surface area contributed by atoms with Crippen LogP contribution in [0, 0.1) is 0 Å². The minimum absolute atomic E-state index is 0.251. The summed E-state index contributed by atoms with van der Waals surface area (Å²) < 4.78 is 2.57. The van der Waals surface area contributed by atoms with Gasteiger partial charge in [-0.3, -0.25) is 14.3 Å². The van der Waals surface area contributed by atoms with E-state index in [1.807, 2.05) is 41.8 Å². The number of aryl methyl sites for hydroxylation is 1. The van der Waals surface area contributed by atoms with Crippen molar-refractivity contribution in [1.82, 2.24) is 15.2 Å². The molecule has 2 amide bonds. The fraction of sp³-hybridized carbons (Fsp3) is 0.0909. The van der Waals surface area contributed by atoms with E-state index in [9.17, 15) is 9.59 Å². The Morgan fingerprint density at radius 1 is 1.07 bits per heavy atom. The van der Waals surface area contributed by atoms with Crippen molar-refractivity contribution in [3.05, 3.63) is 83.0 Å². The SMILES string of the molecule is CC(=NNC(=O)c1csc2ccccc12)c1cccc(NC(=O)c2ccnn2C)c1. The quantitative estimate of drug-likeness (QED) is 0.379. The molecule has 4 aromatic rings. The van der Waals surface area contributed by atoms with Crippen LogP contribution >= 0.6 is 11.3 Å². The molecule has 2 N–H and O–H groups in total. The number of benzene rings is 2. The second kappa shape index (κ2) is 8.30. The van der Waals surface area contributed by atoms with Crippen LogP contribution in [-0.2, 0) is 7.05 Å². The first-order valence-electron chi connectivity index (χ1n) is 9.23. The molecule has 0 saturated heterocycles. The van der Waals surface area contributed by atoms with Gasteiger partial charge in [0.05, 0.1) is 11.3 Å². The number of hydrogen-bond donors (Lipinski definition) is 2. The Hall–Kier alpha value is -3.78. The van der Waals surface area contributed by atoms with E-state index in [1.165, 1.54) is 16.0 Å². The predicted octanol–water partition coefficient (Wildman–Crippen LogP) is 4.04. The molecule has 8 heteroatoms. The molecule has 0 unspecified atom stereocenters. The summed E-state index contributed by atoms with van der Waals surface area (Å²) in [5, 5.41) is 13.8. The summed E-state index contributed by atoms with van der Waals surface area (Å²) in [4.78, 5) is 24.9. The number of amides is 2. The van der Waals surface area contributed by atoms with E-state index >= 15 is 0 Å². The van der Waals surface area contributed by atoms with Crippen molar-refractivity contribution in [3.8, 4) is 0 Å². The number of carbonyl (C=O) groups excluding carboxylic acids is 2. The largest absolute Gasteiger partial charge is 0.321 e. The number of hydrazone groups is 1. The van der Waals surface area contributed by atoms with Gasteiger partial charge in [-0.05, 0) is 36.8 Å². The molecule has 0 atom stereocenters. The first-order valence-corrected chi connectivity index (χ1v) is 10.1. The first kappa shape index (κ1) is 19.5. The molecule has 0 aliphatic rings. The van der Waals surface area contributed by atoms with Gasteiger partial charge in [-0.15, -0.1) is 11.3 Å². The minimum atomic E-state index is -0.257. The zero-order chi connectivity index (χ0) is 21.1. The Kier molecular flexibility index (Phi) is 5.40. The molecule has 2 heterocycles. The van der Waals surface area contributed by atoms with Crippen LogP contribution in [0.5, 0.6) is 0 Å². The number of hydrogen-bond acceptors (Lipinski definition) is 5. The van der Waals surface area contributed by atoms with E-state index in [-0.39, 0.29) is 11.8 Å². The van der Waals surface area contributed by atoms with Crippen LogP contribution in [0.1, 0.15) is 33.3 Å². The molecule has 0 saturated carbocycles. The van der Waals surface area contributed by atoms with Crippen molar-refractivity contribution in [1.29, 1.82) is 0 Å². The number of fused-ring (bicyclic) bond motifs is 1. The maximum atomic E-state index is 12.6. The topological polar surface area (TPSA) is 88.4 Å². The van der Waals surface area contributed by atoms with Crippen LogP contribution in [0.2, 0.25) is 0 Å². The molecular formula is C22H19N5O2S. The van der Waals surface area contributed by atoms with Crippen molar-refractivity contribution in [2.75, 3.05) is 5.32 Å². The monoisotopic (exact) mass is 417 g/mol. The summed E-state index contributed by atoms with van der Waals surface area (Å²) in [5.41, 5.74) is 5.72. The third-order valence-corrected chi connectivity index (χ3v) is 5.61. The summed E-state index contributed by atoms with van der Waals surface area (Å²) in [6, 6.07) is 16.7. The maximum absolute atomic E-state index is 12.6. The Morgan fingerprint density at radius 3 is 2.70 bits per heavy atom. The Bertz CT molecular complexity index is 1270. The van der Waals surface area contributed by atoms with Crippen molar-refractivity contribution in [2.45, 2.75) is 6.92 Å². The average Bonchev–Trinajstić information content (AvgIpc) is 3.38. The highest BCUT2D eigenvalue weighted by Crippen LogP contribution is 2.25. The van der Waals surface area contributed by atoms with Crippen molar-refractivity contribution in [3.63, 3.8) is 0 Å². The lowest BCUT2D eigenvalue weighted by atomic mass is 10.1. The molecule has 30 heavy (non-hydrogen) atoms. The van der Waals surface area contributed by atoms with Gasteiger partial charge in [0.2, 0.25) is 0 Å². The molecule has 0 bridgehead atoms. The van der Waals surface area contributed by atoms with Gasteiger partial charge in [0.25, 0.3) is 11.8 Å². The highest BCUT2D eigenvalue weighted by Gasteiger charge is 2.12. The molecule has 0 radical (unpaired) electrons. The van der Waals surface area contributed by atoms with Gasteiger partial charge in [-0.2, -0.15) is 10.2 Å². The lowest BCUT2D eigenvalue weighted by Crippen LogP contribution is -2.19. The van der Waals surface area contributed by atoms with Crippen molar-refractivity contribution in [2.24, 2.45) is 12.1 Å². The summed E-state index contributed by atoms with van der Waals surface area (Å²) in [6.07, 6.45) is 1.57. The highest BCUT2D eigenvalue weighted by atomic mass is 32.1. The van der Waals surface area contributed by atoms with Gasteiger partial charge >= 0.3 is 0 Å². The van der Waals surface area contributed by atoms with Crippen molar-refractivity contribution >= 4 is 44.6 Å². The van der Waals surface area contributed by atoms with Crippen LogP contribution in [0.4, 0.5) is 5.69 Å². The lowest BCUT2D eigenvalue weighted by Gasteiger charge is -2.08. The standard InChI is InChI=1S/C22H19N5O2S/c1-14(25-26-21(28)18-13-30-20-9-4-3-8-17(18)20)15-6-5-7-16(12-15)24-22(29)19-10-11-23-27(19)2/h3-13H,1-2H3,(H,24,29)(H,26,28). The van der Waals surface area contributed by atoms with Gasteiger partial charge in [0.1, 0.15) is 5.69 Å². The van der Waals surface area contributed by atoms with Crippen LogP contribution < -0.4 is 10.7 Å². The van der Waals surface area contributed by atoms with E-state index in [1.54, 1.807) is 38.4 Å². The van der Waals surface area contributed by atoms with E-state index in [0.29, 0.717) is 22.7 Å². The van der Waals surface area contributed by atoms with E-state index in [0.717, 1.165) is 15.6 Å². The Labute approximate surface area is 177 Å². The Morgan fingerprint density at radius 2 is 1.90 bits per heavy atom. The molecular weight excluding hydrogens is 398 g/mol. The van der Waals surface area contributed by atoms with Crippen LogP contribution in [0.3, 0.4) is 0 Å². The molecule has 7 nitrogen and oxygen atoms in total. The van der Waals surface area contributed by atoms with E-state index in [2.05, 4.69) is 20.9 Å². The molecule has 150 valence electrons. The molecule has 0 fully saturated rings. The summed E-state index contributed by atoms with van der Waals surface area (Å²) in [6.45, 7) is 1.80. The minimum Gasteiger partial charge on any atom is -0.321 e. The fourth-order valence-electron chi connectivity index (χ4n) is 3.03. The second-order valence-corrected chi connectivity index (χ2v) is 7.57. The van der Waals surface area contributed by atoms with E-state index in [4.69, 9.17) is 0 Å². The van der Waals surface area contributed by atoms with Gasteiger partial charge in [-0.1, -0.05) is 30.3 Å². The molecule has 0 aliphatic heterocycles. The van der Waals surface area contributed by atoms with Gasteiger partial charge in [0, 0.05) is 34.4 Å². The average molecular weight is 417 g/mol. The number of aromatic nitrogens is 2. The van der Waals surface area contributed by atoms with Crippen LogP contribution in [0.15, 0.2) is 71.3 Å². The van der Waals surface area contributed by atoms with Gasteiger partial charge < -0.3 is 5.32 Å². The molecule has 0 spiro atoms. The van der Waals surface area contributed by atoms with E-state index < -0.39 is 0 Å². The predicted molar refractivity (Wildman–Crippen MR) is 119 cm³/mol. The first-order chi connectivity index (χ1) is 14.5. The molecule has 2 aromatic carbocycles. The second-order valence-electron chi connectivity index (χ2n) is 6.66. The molecule has 0 aliphatic carbocycles. The fourth-order valence-corrected chi connectivity index (χ4v) is 3.97. The number of anilines is 1. The lowest BCUT2D eigenvalue weighted by molar-refractivity contribution is 0.0956. The highest BCUT2D eigenvalue weighted by molar-refractivity contribution is 7.17. The maximum Gasteiger partial charge on any atom is 0.273 e. The summed E-state index contributed by atoms with van der Waals surface area (Å²) in [7, 11) is 1.71. The zero-order valence-corrected chi connectivity index (χ0v) is 17.2. The summed E-state index contributed by atoms with van der Waals surface area (Å²) >= 11 is 1.52. The molecule has 4 rings (SSSR count). The summed E-state index contributed by atoms with van der Waals surface area (Å²) in [5.74, 6) is -0.508. The number of thiophene rings is 1. The third-order valence-electron chi connectivity index (χ3n) is 4.64. The number of nitrogens with one attached hydrogen (secondary N) is 2. The van der Waals surface area contributed by atoms with Gasteiger partial charge in [0.15, 0.2) is 0 Å². The van der Waals surface area contributed by atoms with Crippen LogP contribution in [-0.4, -0.2) is 27.3 Å². The Balaban J connectivity index is 1.48. The molecule has 2 aromatic heterocycles.